The van der Waals surface area contributed by atoms with Crippen LogP contribution in [0.25, 0.3) is 0 Å². The van der Waals surface area contributed by atoms with Crippen molar-refractivity contribution in [1.29, 1.82) is 0 Å². The highest BCUT2D eigenvalue weighted by Gasteiger charge is 2.29. The smallest absolute Gasteiger partial charge is 0.0386 e. The maximum atomic E-state index is 2.49. The molecule has 0 nitrogen and oxygen atoms in total. The maximum absolute atomic E-state index is 2.49. The molecule has 0 bridgehead atoms. The quantitative estimate of drug-likeness (QED) is 0.603. The lowest BCUT2D eigenvalue weighted by molar-refractivity contribution is 0.135. The van der Waals surface area contributed by atoms with Crippen molar-refractivity contribution in [1.82, 2.24) is 0 Å². The Morgan fingerprint density at radius 2 is 1.80 bits per heavy atom. The van der Waals surface area contributed by atoms with Crippen LogP contribution in [0.1, 0.15) is 66.7 Å². The van der Waals surface area contributed by atoms with E-state index in [4.69, 9.17) is 0 Å². The first-order valence-electron chi connectivity index (χ1n) is 7.04. The third-order valence-electron chi connectivity index (χ3n) is 4.61. The first kappa shape index (κ1) is 13.1. The van der Waals surface area contributed by atoms with E-state index in [2.05, 4.69) is 34.6 Å². The van der Waals surface area contributed by atoms with E-state index in [1.807, 2.05) is 0 Å². The molecule has 1 rings (SSSR count). The molecule has 15 heavy (non-hydrogen) atoms. The molecule has 1 aliphatic carbocycles. The fourth-order valence-corrected chi connectivity index (χ4v) is 3.31. The molecule has 4 atom stereocenters. The third-order valence-corrected chi connectivity index (χ3v) is 4.61. The fourth-order valence-electron chi connectivity index (χ4n) is 3.31. The van der Waals surface area contributed by atoms with E-state index in [1.165, 1.54) is 32.1 Å². The molecule has 0 aliphatic heterocycles. The van der Waals surface area contributed by atoms with Crippen LogP contribution in [0.3, 0.4) is 0 Å². The molecule has 1 saturated carbocycles. The predicted octanol–water partition coefficient (Wildman–Crippen LogP) is 5.13. The molecule has 0 heteroatoms. The summed E-state index contributed by atoms with van der Waals surface area (Å²) in [5.41, 5.74) is 0. The van der Waals surface area contributed by atoms with Crippen LogP contribution in [-0.4, -0.2) is 0 Å². The zero-order valence-electron chi connectivity index (χ0n) is 11.4. The van der Waals surface area contributed by atoms with E-state index in [1.54, 1.807) is 0 Å². The van der Waals surface area contributed by atoms with Crippen molar-refractivity contribution in [2.75, 3.05) is 0 Å². The minimum absolute atomic E-state index is 0.887. The second-order valence-corrected chi connectivity index (χ2v) is 6.33. The van der Waals surface area contributed by atoms with Gasteiger partial charge in [0.2, 0.25) is 0 Å². The maximum Gasteiger partial charge on any atom is -0.0386 e. The normalized spacial score (nSPS) is 34.4. The number of rotatable bonds is 4. The van der Waals surface area contributed by atoms with Crippen LogP contribution in [0.4, 0.5) is 0 Å². The molecule has 90 valence electrons. The molecule has 1 fully saturated rings. The summed E-state index contributed by atoms with van der Waals surface area (Å²) in [5.74, 6) is 4.85. The van der Waals surface area contributed by atoms with Gasteiger partial charge in [-0.05, 0) is 55.3 Å². The molecular formula is C15H30. The summed E-state index contributed by atoms with van der Waals surface area (Å²) >= 11 is 0. The van der Waals surface area contributed by atoms with Crippen LogP contribution in [0.15, 0.2) is 0 Å². The lowest BCUT2D eigenvalue weighted by Gasteiger charge is -2.37. The van der Waals surface area contributed by atoms with Crippen LogP contribution in [0, 0.1) is 29.6 Å². The van der Waals surface area contributed by atoms with Crippen LogP contribution >= 0.6 is 0 Å². The number of hydrogen-bond donors (Lipinski definition) is 0. The molecule has 0 aromatic heterocycles. The molecule has 1 aliphatic rings. The molecule has 0 aromatic carbocycles. The van der Waals surface area contributed by atoms with Crippen molar-refractivity contribution in [3.8, 4) is 0 Å². The van der Waals surface area contributed by atoms with E-state index in [0.29, 0.717) is 0 Å². The summed E-state index contributed by atoms with van der Waals surface area (Å²) in [5, 5.41) is 0. The van der Waals surface area contributed by atoms with Crippen molar-refractivity contribution in [3.05, 3.63) is 0 Å². The van der Waals surface area contributed by atoms with Gasteiger partial charge in [0.05, 0.1) is 0 Å². The van der Waals surface area contributed by atoms with Gasteiger partial charge in [-0.1, -0.05) is 41.0 Å². The van der Waals surface area contributed by atoms with E-state index >= 15 is 0 Å². The van der Waals surface area contributed by atoms with Crippen molar-refractivity contribution in [2.24, 2.45) is 29.6 Å². The second kappa shape index (κ2) is 5.92. The van der Waals surface area contributed by atoms with Crippen LogP contribution in [-0.2, 0) is 0 Å². The minimum Gasteiger partial charge on any atom is -0.0651 e. The molecule has 4 unspecified atom stereocenters. The van der Waals surface area contributed by atoms with Crippen molar-refractivity contribution in [3.63, 3.8) is 0 Å². The Kier molecular flexibility index (Phi) is 5.15. The van der Waals surface area contributed by atoms with Gasteiger partial charge >= 0.3 is 0 Å². The Morgan fingerprint density at radius 1 is 1.13 bits per heavy atom. The van der Waals surface area contributed by atoms with Gasteiger partial charge in [-0.3, -0.25) is 0 Å². The number of hydrogen-bond acceptors (Lipinski definition) is 0. The first-order chi connectivity index (χ1) is 7.04. The van der Waals surface area contributed by atoms with E-state index < -0.39 is 0 Å². The Bertz CT molecular complexity index is 171. The Labute approximate surface area is 96.8 Å². The molecule has 0 N–H and O–H groups in total. The van der Waals surface area contributed by atoms with Crippen molar-refractivity contribution < 1.29 is 0 Å². The summed E-state index contributed by atoms with van der Waals surface area (Å²) in [6, 6.07) is 0. The van der Waals surface area contributed by atoms with Gasteiger partial charge in [0.15, 0.2) is 0 Å². The fraction of sp³-hybridized carbons (Fsp3) is 1.00. The van der Waals surface area contributed by atoms with Gasteiger partial charge in [0.1, 0.15) is 0 Å². The summed E-state index contributed by atoms with van der Waals surface area (Å²) < 4.78 is 0. The molecule has 0 aromatic rings. The average Bonchev–Trinajstić information content (AvgIpc) is 2.19. The van der Waals surface area contributed by atoms with E-state index in [0.717, 1.165) is 29.6 Å². The van der Waals surface area contributed by atoms with Gasteiger partial charge in [0.25, 0.3) is 0 Å². The molecular weight excluding hydrogens is 180 g/mol. The van der Waals surface area contributed by atoms with Gasteiger partial charge in [-0.25, -0.2) is 0 Å². The van der Waals surface area contributed by atoms with Crippen molar-refractivity contribution in [2.45, 2.75) is 66.7 Å². The summed E-state index contributed by atoms with van der Waals surface area (Å²) in [6.07, 6.45) is 7.30. The summed E-state index contributed by atoms with van der Waals surface area (Å²) in [6.45, 7) is 12.0. The lowest BCUT2D eigenvalue weighted by Crippen LogP contribution is -2.27. The highest BCUT2D eigenvalue weighted by atomic mass is 14.3. The van der Waals surface area contributed by atoms with Gasteiger partial charge in [0, 0.05) is 0 Å². The lowest BCUT2D eigenvalue weighted by atomic mass is 9.68. The minimum atomic E-state index is 0.887. The third kappa shape index (κ3) is 3.81. The Morgan fingerprint density at radius 3 is 2.27 bits per heavy atom. The van der Waals surface area contributed by atoms with Crippen molar-refractivity contribution >= 4 is 0 Å². The summed E-state index contributed by atoms with van der Waals surface area (Å²) in [4.78, 5) is 0. The largest absolute Gasteiger partial charge is 0.0651 e. The van der Waals surface area contributed by atoms with E-state index in [9.17, 15) is 0 Å². The topological polar surface area (TPSA) is 0 Å². The van der Waals surface area contributed by atoms with Gasteiger partial charge < -0.3 is 0 Å². The monoisotopic (exact) mass is 210 g/mol. The molecule has 0 amide bonds. The zero-order valence-corrected chi connectivity index (χ0v) is 11.4. The van der Waals surface area contributed by atoms with Gasteiger partial charge in [-0.15, -0.1) is 0 Å². The standard InChI is InChI=1S/C15H30/c1-6-12(4)15-8-7-14(9-11(2)3)13(5)10-15/h11-15H,6-10H2,1-5H3. The van der Waals surface area contributed by atoms with Gasteiger partial charge in [-0.2, -0.15) is 0 Å². The summed E-state index contributed by atoms with van der Waals surface area (Å²) in [7, 11) is 0. The van der Waals surface area contributed by atoms with Crippen LogP contribution in [0.5, 0.6) is 0 Å². The molecule has 0 spiro atoms. The second-order valence-electron chi connectivity index (χ2n) is 6.33. The highest BCUT2D eigenvalue weighted by molar-refractivity contribution is 4.80. The van der Waals surface area contributed by atoms with E-state index in [-0.39, 0.29) is 0 Å². The predicted molar refractivity (Wildman–Crippen MR) is 68.9 cm³/mol. The average molecular weight is 210 g/mol. The first-order valence-corrected chi connectivity index (χ1v) is 7.04. The molecule has 0 heterocycles. The SMILES string of the molecule is CCC(C)C1CCC(CC(C)C)C(C)C1. The Balaban J connectivity index is 2.40. The molecule has 0 radical (unpaired) electrons. The van der Waals surface area contributed by atoms with Crippen LogP contribution < -0.4 is 0 Å². The highest BCUT2D eigenvalue weighted by Crippen LogP contribution is 2.40. The zero-order chi connectivity index (χ0) is 11.4. The Hall–Kier alpha value is 0. The van der Waals surface area contributed by atoms with Crippen LogP contribution in [0.2, 0.25) is 0 Å². The molecule has 0 saturated heterocycles.